The van der Waals surface area contributed by atoms with Gasteiger partial charge in [-0.25, -0.2) is 9.97 Å². The van der Waals surface area contributed by atoms with Gasteiger partial charge in [-0.1, -0.05) is 0 Å². The Balaban J connectivity index is 1.93. The summed E-state index contributed by atoms with van der Waals surface area (Å²) < 4.78 is 5.29. The number of anilines is 1. The summed E-state index contributed by atoms with van der Waals surface area (Å²) in [4.78, 5) is 11.1. The van der Waals surface area contributed by atoms with Gasteiger partial charge in [-0.05, 0) is 25.7 Å². The third kappa shape index (κ3) is 1.82. The molecule has 0 saturated carbocycles. The number of nitrogens with one attached hydrogen (secondary N) is 1. The highest BCUT2D eigenvalue weighted by atomic mass is 16.5. The number of piperidine rings is 1. The largest absolute Gasteiger partial charge is 0.481 e. The van der Waals surface area contributed by atoms with Crippen LogP contribution in [0.2, 0.25) is 0 Å². The van der Waals surface area contributed by atoms with Crippen LogP contribution in [0.3, 0.4) is 0 Å². The molecule has 2 unspecified atom stereocenters. The number of hydrogen-bond acceptors (Lipinski definition) is 5. The van der Waals surface area contributed by atoms with Crippen LogP contribution in [-0.2, 0) is 0 Å². The van der Waals surface area contributed by atoms with E-state index in [1.54, 1.807) is 13.4 Å². The molecule has 18 heavy (non-hydrogen) atoms. The van der Waals surface area contributed by atoms with Crippen LogP contribution in [-0.4, -0.2) is 42.8 Å². The van der Waals surface area contributed by atoms with Crippen LogP contribution in [0.1, 0.15) is 18.4 Å². The fourth-order valence-corrected chi connectivity index (χ4v) is 3.25. The summed E-state index contributed by atoms with van der Waals surface area (Å²) >= 11 is 0. The average Bonchev–Trinajstić information content (AvgIpc) is 2.87. The van der Waals surface area contributed by atoms with Crippen molar-refractivity contribution in [1.29, 1.82) is 0 Å². The van der Waals surface area contributed by atoms with Gasteiger partial charge in [0.1, 0.15) is 12.1 Å². The van der Waals surface area contributed by atoms with Crippen LogP contribution in [0, 0.1) is 12.8 Å². The summed E-state index contributed by atoms with van der Waals surface area (Å²) in [6.45, 7) is 5.34. The highest BCUT2D eigenvalue weighted by Gasteiger charge is 2.36. The Morgan fingerprint density at radius 2 is 2.28 bits per heavy atom. The molecular formula is C13H20N4O. The Morgan fingerprint density at radius 3 is 3.11 bits per heavy atom. The van der Waals surface area contributed by atoms with Crippen molar-refractivity contribution in [2.75, 3.05) is 31.6 Å². The maximum Gasteiger partial charge on any atom is 0.221 e. The van der Waals surface area contributed by atoms with Crippen molar-refractivity contribution < 1.29 is 4.74 Å². The first kappa shape index (κ1) is 11.7. The molecule has 2 saturated heterocycles. The van der Waals surface area contributed by atoms with Crippen molar-refractivity contribution in [3.8, 4) is 5.88 Å². The normalized spacial score (nSPS) is 27.1. The Bertz CT molecular complexity index is 437. The van der Waals surface area contributed by atoms with Gasteiger partial charge in [0.2, 0.25) is 5.88 Å². The molecule has 2 fully saturated rings. The lowest BCUT2D eigenvalue weighted by atomic mass is 9.92. The smallest absolute Gasteiger partial charge is 0.221 e. The summed E-state index contributed by atoms with van der Waals surface area (Å²) in [5.74, 6) is 2.49. The molecule has 0 amide bonds. The molecule has 98 valence electrons. The predicted molar refractivity (Wildman–Crippen MR) is 70.0 cm³/mol. The maximum atomic E-state index is 5.29. The Morgan fingerprint density at radius 1 is 1.39 bits per heavy atom. The van der Waals surface area contributed by atoms with Crippen LogP contribution in [0.25, 0.3) is 0 Å². The molecule has 0 aliphatic carbocycles. The van der Waals surface area contributed by atoms with Gasteiger partial charge in [0.15, 0.2) is 0 Å². The van der Waals surface area contributed by atoms with E-state index in [9.17, 15) is 0 Å². The summed E-state index contributed by atoms with van der Waals surface area (Å²) in [6, 6.07) is 0.581. The van der Waals surface area contributed by atoms with Gasteiger partial charge in [-0.15, -0.1) is 0 Å². The third-order valence-corrected chi connectivity index (χ3v) is 4.16. The first-order chi connectivity index (χ1) is 8.81. The average molecular weight is 248 g/mol. The Labute approximate surface area is 108 Å². The molecule has 5 nitrogen and oxygen atoms in total. The molecule has 0 aromatic carbocycles. The number of methoxy groups -OCH3 is 1. The Hall–Kier alpha value is -1.36. The zero-order valence-electron chi connectivity index (χ0n) is 11.0. The van der Waals surface area contributed by atoms with E-state index in [-0.39, 0.29) is 0 Å². The molecule has 0 radical (unpaired) electrons. The summed E-state index contributed by atoms with van der Waals surface area (Å²) in [5, 5.41) is 3.50. The molecule has 5 heteroatoms. The minimum absolute atomic E-state index is 0.581. The van der Waals surface area contributed by atoms with Crippen LogP contribution in [0.15, 0.2) is 6.33 Å². The molecule has 1 aromatic heterocycles. The van der Waals surface area contributed by atoms with E-state index in [0.717, 1.165) is 36.9 Å². The highest BCUT2D eigenvalue weighted by Crippen LogP contribution is 2.33. The van der Waals surface area contributed by atoms with Crippen molar-refractivity contribution in [2.24, 2.45) is 5.92 Å². The second-order valence-corrected chi connectivity index (χ2v) is 5.15. The molecular weight excluding hydrogens is 228 g/mol. The standard InChI is InChI=1S/C13H20N4O/c1-9-12(15-8-16-13(9)18-2)17-5-3-4-10-6-14-7-11(10)17/h8,10-11,14H,3-7H2,1-2H3. The van der Waals surface area contributed by atoms with Crippen molar-refractivity contribution in [2.45, 2.75) is 25.8 Å². The predicted octanol–water partition coefficient (Wildman–Crippen LogP) is 0.982. The van der Waals surface area contributed by atoms with Gasteiger partial charge in [0, 0.05) is 25.7 Å². The fourth-order valence-electron chi connectivity index (χ4n) is 3.25. The number of aromatic nitrogens is 2. The summed E-state index contributed by atoms with van der Waals surface area (Å²) in [5.41, 5.74) is 1.05. The molecule has 0 bridgehead atoms. The molecule has 2 aliphatic heterocycles. The first-order valence-electron chi connectivity index (χ1n) is 6.64. The molecule has 1 N–H and O–H groups in total. The van der Waals surface area contributed by atoms with E-state index in [2.05, 4.69) is 20.2 Å². The van der Waals surface area contributed by atoms with Crippen molar-refractivity contribution >= 4 is 5.82 Å². The third-order valence-electron chi connectivity index (χ3n) is 4.16. The number of rotatable bonds is 2. The van der Waals surface area contributed by atoms with E-state index in [1.807, 2.05) is 6.92 Å². The van der Waals surface area contributed by atoms with Gasteiger partial charge >= 0.3 is 0 Å². The van der Waals surface area contributed by atoms with Gasteiger partial charge < -0.3 is 15.0 Å². The number of hydrogen-bond donors (Lipinski definition) is 1. The zero-order valence-corrected chi connectivity index (χ0v) is 11.0. The quantitative estimate of drug-likeness (QED) is 0.845. The van der Waals surface area contributed by atoms with E-state index in [0.29, 0.717) is 11.9 Å². The van der Waals surface area contributed by atoms with Crippen molar-refractivity contribution in [3.05, 3.63) is 11.9 Å². The zero-order chi connectivity index (χ0) is 12.5. The van der Waals surface area contributed by atoms with Crippen molar-refractivity contribution in [1.82, 2.24) is 15.3 Å². The van der Waals surface area contributed by atoms with E-state index in [1.165, 1.54) is 12.8 Å². The second-order valence-electron chi connectivity index (χ2n) is 5.15. The maximum absolute atomic E-state index is 5.29. The molecule has 0 spiro atoms. The first-order valence-corrected chi connectivity index (χ1v) is 6.64. The Kier molecular flexibility index (Phi) is 3.07. The highest BCUT2D eigenvalue weighted by molar-refractivity contribution is 5.51. The van der Waals surface area contributed by atoms with Gasteiger partial charge in [-0.3, -0.25) is 0 Å². The SMILES string of the molecule is COc1ncnc(N2CCCC3CNCC32)c1C. The lowest BCUT2D eigenvalue weighted by molar-refractivity contribution is 0.376. The second kappa shape index (κ2) is 4.72. The molecule has 2 atom stereocenters. The monoisotopic (exact) mass is 248 g/mol. The number of fused-ring (bicyclic) bond motifs is 1. The van der Waals surface area contributed by atoms with E-state index in [4.69, 9.17) is 4.74 Å². The van der Waals surface area contributed by atoms with Crippen LogP contribution >= 0.6 is 0 Å². The van der Waals surface area contributed by atoms with Gasteiger partial charge in [0.05, 0.1) is 12.7 Å². The minimum Gasteiger partial charge on any atom is -0.481 e. The molecule has 3 rings (SSSR count). The van der Waals surface area contributed by atoms with Crippen LogP contribution in [0.4, 0.5) is 5.82 Å². The minimum atomic E-state index is 0.581. The van der Waals surface area contributed by atoms with Crippen molar-refractivity contribution in [3.63, 3.8) is 0 Å². The lowest BCUT2D eigenvalue weighted by Gasteiger charge is -2.38. The summed E-state index contributed by atoms with van der Waals surface area (Å²) in [6.07, 6.45) is 4.18. The fraction of sp³-hybridized carbons (Fsp3) is 0.692. The summed E-state index contributed by atoms with van der Waals surface area (Å²) in [7, 11) is 1.66. The molecule has 1 aromatic rings. The number of nitrogens with zero attached hydrogens (tertiary/aromatic N) is 3. The lowest BCUT2D eigenvalue weighted by Crippen LogP contribution is -2.46. The molecule has 2 aliphatic rings. The number of ether oxygens (including phenoxy) is 1. The van der Waals surface area contributed by atoms with E-state index >= 15 is 0 Å². The topological polar surface area (TPSA) is 50.3 Å². The van der Waals surface area contributed by atoms with Gasteiger partial charge in [-0.2, -0.15) is 0 Å². The van der Waals surface area contributed by atoms with Crippen LogP contribution in [0.5, 0.6) is 5.88 Å². The van der Waals surface area contributed by atoms with Crippen LogP contribution < -0.4 is 15.0 Å². The van der Waals surface area contributed by atoms with E-state index < -0.39 is 0 Å². The molecule has 3 heterocycles. The van der Waals surface area contributed by atoms with Gasteiger partial charge in [0.25, 0.3) is 0 Å².